The molecule has 0 atom stereocenters. The van der Waals surface area contributed by atoms with Gasteiger partial charge in [-0.2, -0.15) is 13.2 Å². The topological polar surface area (TPSA) is 115 Å². The summed E-state index contributed by atoms with van der Waals surface area (Å²) in [6.45, 7) is 0. The van der Waals surface area contributed by atoms with Crippen molar-refractivity contribution in [3.63, 3.8) is 0 Å². The van der Waals surface area contributed by atoms with Gasteiger partial charge in [-0.15, -0.1) is 0 Å². The smallest absolute Gasteiger partial charge is 0.324 e. The van der Waals surface area contributed by atoms with E-state index in [-0.39, 0.29) is 23.4 Å². The molecule has 0 fully saturated rings. The van der Waals surface area contributed by atoms with Crippen LogP contribution in [0.4, 0.5) is 18.9 Å². The van der Waals surface area contributed by atoms with E-state index in [0.717, 1.165) is 18.5 Å². The lowest BCUT2D eigenvalue weighted by Gasteiger charge is -2.12. The van der Waals surface area contributed by atoms with Crippen molar-refractivity contribution in [2.45, 2.75) is 17.5 Å². The average molecular weight is 471 g/mol. The second-order valence-corrected chi connectivity index (χ2v) is 8.33. The molecular weight excluding hydrogens is 457 g/mol. The number of halogens is 4. The number of primary sulfonamides is 1. The summed E-state index contributed by atoms with van der Waals surface area (Å²) in [4.78, 5) is 19.1. The van der Waals surface area contributed by atoms with Gasteiger partial charge in [0.1, 0.15) is 4.90 Å². The number of carbonyl (C=O) groups is 1. The number of nitrogens with zero attached hydrogens (tertiary/aromatic N) is 2. The van der Waals surface area contributed by atoms with Crippen LogP contribution in [-0.2, 0) is 27.4 Å². The zero-order valence-electron chi connectivity index (χ0n) is 15.5. The molecule has 3 N–H and O–H groups in total. The zero-order valence-corrected chi connectivity index (χ0v) is 17.1. The molecule has 3 aromatic rings. The van der Waals surface area contributed by atoms with Gasteiger partial charge in [-0.3, -0.25) is 14.8 Å². The van der Waals surface area contributed by atoms with Crippen molar-refractivity contribution < 1.29 is 26.4 Å². The Morgan fingerprint density at radius 2 is 1.84 bits per heavy atom. The standard InChI is InChI=1S/C19H14ClF3N4O3S/c20-15-4-2-1-3-11(15)6-17(28)27-14-7-16(31(24,29)30)18(26-10-14)12-5-13(9-25-8-12)19(21,22)23/h1-5,7-10H,6H2,(H,27,28)(H2,24,29,30). The quantitative estimate of drug-likeness (QED) is 0.590. The third-order valence-electron chi connectivity index (χ3n) is 4.09. The SMILES string of the molecule is NS(=O)(=O)c1cc(NC(=O)Cc2ccccc2Cl)cnc1-c1cncc(C(F)(F)F)c1. The van der Waals surface area contributed by atoms with E-state index in [9.17, 15) is 26.4 Å². The highest BCUT2D eigenvalue weighted by Gasteiger charge is 2.31. The van der Waals surface area contributed by atoms with Crippen LogP contribution < -0.4 is 10.5 Å². The maximum atomic E-state index is 13.0. The number of hydrogen-bond donors (Lipinski definition) is 2. The monoisotopic (exact) mass is 470 g/mol. The Bertz CT molecular complexity index is 1250. The van der Waals surface area contributed by atoms with Crippen LogP contribution in [0.2, 0.25) is 5.02 Å². The highest BCUT2D eigenvalue weighted by atomic mass is 35.5. The summed E-state index contributed by atoms with van der Waals surface area (Å²) >= 11 is 6.02. The average Bonchev–Trinajstić information content (AvgIpc) is 2.68. The Balaban J connectivity index is 1.95. The van der Waals surface area contributed by atoms with Crippen LogP contribution >= 0.6 is 11.6 Å². The normalized spacial score (nSPS) is 11.9. The Morgan fingerprint density at radius 1 is 1.13 bits per heavy atom. The van der Waals surface area contributed by atoms with E-state index in [1.54, 1.807) is 24.3 Å². The van der Waals surface area contributed by atoms with Crippen molar-refractivity contribution in [2.24, 2.45) is 5.14 Å². The van der Waals surface area contributed by atoms with Gasteiger partial charge in [0.05, 0.1) is 29.6 Å². The third-order valence-corrected chi connectivity index (χ3v) is 5.38. The minimum Gasteiger partial charge on any atom is -0.324 e. The fourth-order valence-corrected chi connectivity index (χ4v) is 3.62. The number of rotatable bonds is 5. The molecule has 1 aromatic carbocycles. The van der Waals surface area contributed by atoms with Crippen LogP contribution in [0.3, 0.4) is 0 Å². The predicted molar refractivity (Wildman–Crippen MR) is 108 cm³/mol. The second-order valence-electron chi connectivity index (χ2n) is 6.39. The Labute approximate surface area is 180 Å². The molecule has 12 heteroatoms. The maximum Gasteiger partial charge on any atom is 0.417 e. The van der Waals surface area contributed by atoms with Crippen molar-refractivity contribution in [3.8, 4) is 11.3 Å². The molecular formula is C19H14ClF3N4O3S. The Morgan fingerprint density at radius 3 is 2.48 bits per heavy atom. The second kappa shape index (κ2) is 8.61. The molecule has 0 unspecified atom stereocenters. The largest absolute Gasteiger partial charge is 0.417 e. The molecule has 0 aliphatic heterocycles. The van der Waals surface area contributed by atoms with E-state index in [0.29, 0.717) is 22.8 Å². The summed E-state index contributed by atoms with van der Waals surface area (Å²) in [5, 5.41) is 8.07. The molecule has 7 nitrogen and oxygen atoms in total. The Kier molecular flexibility index (Phi) is 6.30. The molecule has 1 amide bonds. The number of nitrogens with two attached hydrogens (primary N) is 1. The summed E-state index contributed by atoms with van der Waals surface area (Å²) in [6.07, 6.45) is -2.04. The number of pyridine rings is 2. The van der Waals surface area contributed by atoms with Gasteiger partial charge in [-0.1, -0.05) is 29.8 Å². The van der Waals surface area contributed by atoms with Crippen LogP contribution in [0.5, 0.6) is 0 Å². The highest BCUT2D eigenvalue weighted by Crippen LogP contribution is 2.33. The van der Waals surface area contributed by atoms with Gasteiger partial charge in [0.25, 0.3) is 0 Å². The van der Waals surface area contributed by atoms with Crippen molar-refractivity contribution in [1.29, 1.82) is 0 Å². The van der Waals surface area contributed by atoms with Crippen molar-refractivity contribution in [3.05, 3.63) is 71.1 Å². The molecule has 0 spiro atoms. The van der Waals surface area contributed by atoms with Crippen molar-refractivity contribution in [2.75, 3.05) is 5.32 Å². The van der Waals surface area contributed by atoms with E-state index in [1.807, 2.05) is 0 Å². The first-order valence-corrected chi connectivity index (χ1v) is 10.5. The third kappa shape index (κ3) is 5.57. The summed E-state index contributed by atoms with van der Waals surface area (Å²) in [5.41, 5.74) is -1.07. The molecule has 0 bridgehead atoms. The van der Waals surface area contributed by atoms with Gasteiger partial charge < -0.3 is 5.32 Å². The lowest BCUT2D eigenvalue weighted by molar-refractivity contribution is -0.137. The minimum atomic E-state index is -4.68. The van der Waals surface area contributed by atoms with E-state index in [2.05, 4.69) is 15.3 Å². The number of sulfonamides is 1. The van der Waals surface area contributed by atoms with Crippen molar-refractivity contribution >= 4 is 33.2 Å². The molecule has 0 aliphatic rings. The molecule has 31 heavy (non-hydrogen) atoms. The predicted octanol–water partition coefficient (Wildman–Crippen LogP) is 3.64. The fraction of sp³-hybridized carbons (Fsp3) is 0.105. The number of anilines is 1. The maximum absolute atomic E-state index is 13.0. The number of nitrogens with one attached hydrogen (secondary N) is 1. The number of benzene rings is 1. The molecule has 2 heterocycles. The molecule has 0 aliphatic carbocycles. The molecule has 0 radical (unpaired) electrons. The van der Waals surface area contributed by atoms with Gasteiger partial charge in [-0.25, -0.2) is 13.6 Å². The fourth-order valence-electron chi connectivity index (χ4n) is 2.69. The van der Waals surface area contributed by atoms with Gasteiger partial charge in [0.15, 0.2) is 0 Å². The van der Waals surface area contributed by atoms with E-state index in [4.69, 9.17) is 16.7 Å². The molecule has 3 rings (SSSR count). The number of carbonyl (C=O) groups excluding carboxylic acids is 1. The number of aromatic nitrogens is 2. The molecule has 0 saturated heterocycles. The van der Waals surface area contributed by atoms with Crippen LogP contribution in [0, 0.1) is 0 Å². The number of hydrogen-bond acceptors (Lipinski definition) is 5. The first kappa shape index (κ1) is 22.7. The van der Waals surface area contributed by atoms with E-state index >= 15 is 0 Å². The first-order chi connectivity index (χ1) is 14.4. The van der Waals surface area contributed by atoms with Gasteiger partial charge >= 0.3 is 6.18 Å². The summed E-state index contributed by atoms with van der Waals surface area (Å²) in [5.74, 6) is -0.510. The van der Waals surface area contributed by atoms with Gasteiger partial charge in [0.2, 0.25) is 15.9 Å². The Hall–Kier alpha value is -3.02. The molecule has 2 aromatic heterocycles. The van der Waals surface area contributed by atoms with E-state index < -0.39 is 32.6 Å². The highest BCUT2D eigenvalue weighted by molar-refractivity contribution is 7.89. The summed E-state index contributed by atoms with van der Waals surface area (Å²) < 4.78 is 63.0. The van der Waals surface area contributed by atoms with Crippen LogP contribution in [0.25, 0.3) is 11.3 Å². The lowest BCUT2D eigenvalue weighted by atomic mass is 10.1. The van der Waals surface area contributed by atoms with Crippen LogP contribution in [0.1, 0.15) is 11.1 Å². The molecule has 0 saturated carbocycles. The number of amides is 1. The zero-order chi connectivity index (χ0) is 22.8. The first-order valence-electron chi connectivity index (χ1n) is 8.54. The minimum absolute atomic E-state index is 0.00948. The van der Waals surface area contributed by atoms with Crippen LogP contribution in [-0.4, -0.2) is 24.3 Å². The van der Waals surface area contributed by atoms with Crippen molar-refractivity contribution in [1.82, 2.24) is 9.97 Å². The number of alkyl halides is 3. The lowest BCUT2D eigenvalue weighted by Crippen LogP contribution is -2.18. The van der Waals surface area contributed by atoms with E-state index in [1.165, 1.54) is 0 Å². The summed E-state index contributed by atoms with van der Waals surface area (Å²) in [6, 6.07) is 8.39. The van der Waals surface area contributed by atoms with Gasteiger partial charge in [-0.05, 0) is 23.8 Å². The molecule has 162 valence electrons. The van der Waals surface area contributed by atoms with Crippen LogP contribution in [0.15, 0.2) is 59.9 Å². The summed E-state index contributed by atoms with van der Waals surface area (Å²) in [7, 11) is -4.40. The van der Waals surface area contributed by atoms with Gasteiger partial charge in [0, 0.05) is 23.0 Å².